The van der Waals surface area contributed by atoms with Gasteiger partial charge in [0.1, 0.15) is 0 Å². The highest BCUT2D eigenvalue weighted by molar-refractivity contribution is 5.82. The molecule has 1 unspecified atom stereocenters. The van der Waals surface area contributed by atoms with E-state index < -0.39 is 0 Å². The zero-order chi connectivity index (χ0) is 22.0. The van der Waals surface area contributed by atoms with Crippen LogP contribution in [0.3, 0.4) is 0 Å². The van der Waals surface area contributed by atoms with Crippen LogP contribution in [0.4, 0.5) is 0 Å². The van der Waals surface area contributed by atoms with Crippen molar-refractivity contribution in [3.8, 4) is 0 Å². The second kappa shape index (κ2) is 12.3. The first-order chi connectivity index (χ1) is 13.8. The predicted octanol–water partition coefficient (Wildman–Crippen LogP) is 7.28. The standard InChI is InChI=1S/C26H51NO2/c1-8-22(9-2)16-19-29-26(13-6,14-7)21-27-23(28)25(12-5)18-15-17-24(10-3,11-4)20-25/h22H,8-21H2,1-7H3,(H,27,28). The van der Waals surface area contributed by atoms with Gasteiger partial charge >= 0.3 is 0 Å². The van der Waals surface area contributed by atoms with E-state index in [1.807, 2.05) is 0 Å². The molecular formula is C26H51NO2. The number of ether oxygens (including phenoxy) is 1. The van der Waals surface area contributed by atoms with Crippen LogP contribution < -0.4 is 5.32 Å². The SMILES string of the molecule is CCC(CC)CCOC(CC)(CC)CNC(=O)C1(CC)CCCC(CC)(CC)C1. The maximum Gasteiger partial charge on any atom is 0.226 e. The molecule has 1 saturated carbocycles. The van der Waals surface area contributed by atoms with E-state index in [1.54, 1.807) is 0 Å². The van der Waals surface area contributed by atoms with Gasteiger partial charge in [0.25, 0.3) is 0 Å². The Labute approximate surface area is 182 Å². The Morgan fingerprint density at radius 3 is 2.07 bits per heavy atom. The molecule has 0 spiro atoms. The minimum absolute atomic E-state index is 0.187. The topological polar surface area (TPSA) is 38.3 Å². The van der Waals surface area contributed by atoms with E-state index in [-0.39, 0.29) is 16.9 Å². The summed E-state index contributed by atoms with van der Waals surface area (Å²) in [4.78, 5) is 13.5. The summed E-state index contributed by atoms with van der Waals surface area (Å²) in [5.74, 6) is 1.03. The van der Waals surface area contributed by atoms with Crippen LogP contribution in [0, 0.1) is 16.7 Å². The molecule has 1 N–H and O–H groups in total. The molecule has 1 aliphatic carbocycles. The van der Waals surface area contributed by atoms with Crippen molar-refractivity contribution in [1.29, 1.82) is 0 Å². The van der Waals surface area contributed by atoms with Gasteiger partial charge < -0.3 is 10.1 Å². The molecule has 1 atom stereocenters. The van der Waals surface area contributed by atoms with Crippen LogP contribution in [0.1, 0.15) is 126 Å². The Balaban J connectivity index is 2.78. The van der Waals surface area contributed by atoms with Crippen molar-refractivity contribution in [3.05, 3.63) is 0 Å². The van der Waals surface area contributed by atoms with Gasteiger partial charge in [0, 0.05) is 18.6 Å². The fraction of sp³-hybridized carbons (Fsp3) is 0.962. The Bertz CT molecular complexity index is 463. The van der Waals surface area contributed by atoms with Gasteiger partial charge in [-0.15, -0.1) is 0 Å². The van der Waals surface area contributed by atoms with E-state index in [0.29, 0.717) is 12.0 Å². The van der Waals surface area contributed by atoms with Crippen LogP contribution in [0.25, 0.3) is 0 Å². The fourth-order valence-electron chi connectivity index (χ4n) is 5.53. The normalized spacial score (nSPS) is 22.1. The molecule has 0 aromatic carbocycles. The van der Waals surface area contributed by atoms with Crippen molar-refractivity contribution in [2.45, 2.75) is 131 Å². The van der Waals surface area contributed by atoms with Crippen LogP contribution in [0.2, 0.25) is 0 Å². The van der Waals surface area contributed by atoms with Gasteiger partial charge in [-0.25, -0.2) is 0 Å². The maximum atomic E-state index is 13.5. The first-order valence-electron chi connectivity index (χ1n) is 12.8. The summed E-state index contributed by atoms with van der Waals surface area (Å²) in [7, 11) is 0. The Hall–Kier alpha value is -0.570. The minimum Gasteiger partial charge on any atom is -0.373 e. The molecule has 3 heteroatoms. The molecule has 1 rings (SSSR count). The number of hydrogen-bond donors (Lipinski definition) is 1. The lowest BCUT2D eigenvalue weighted by Crippen LogP contribution is -2.51. The smallest absolute Gasteiger partial charge is 0.226 e. The van der Waals surface area contributed by atoms with E-state index in [2.05, 4.69) is 53.8 Å². The largest absolute Gasteiger partial charge is 0.373 e. The lowest BCUT2D eigenvalue weighted by molar-refractivity contribution is -0.139. The molecule has 1 aliphatic rings. The zero-order valence-corrected chi connectivity index (χ0v) is 20.8. The second-order valence-corrected chi connectivity index (χ2v) is 9.76. The molecule has 0 radical (unpaired) electrons. The quantitative estimate of drug-likeness (QED) is 0.327. The van der Waals surface area contributed by atoms with Crippen LogP contribution in [-0.2, 0) is 9.53 Å². The van der Waals surface area contributed by atoms with Gasteiger partial charge in [0.05, 0.1) is 5.60 Å². The molecule has 0 bridgehead atoms. The molecule has 0 aliphatic heterocycles. The number of nitrogens with one attached hydrogen (secondary N) is 1. The van der Waals surface area contributed by atoms with Crippen LogP contribution in [0.5, 0.6) is 0 Å². The molecule has 0 saturated heterocycles. The van der Waals surface area contributed by atoms with Gasteiger partial charge in [-0.2, -0.15) is 0 Å². The molecule has 0 aromatic rings. The minimum atomic E-state index is -0.224. The monoisotopic (exact) mass is 409 g/mol. The first kappa shape index (κ1) is 26.5. The van der Waals surface area contributed by atoms with Gasteiger partial charge in [0.15, 0.2) is 0 Å². The third-order valence-electron chi connectivity index (χ3n) is 8.68. The van der Waals surface area contributed by atoms with E-state index in [0.717, 1.165) is 51.0 Å². The lowest BCUT2D eigenvalue weighted by atomic mass is 9.58. The van der Waals surface area contributed by atoms with E-state index in [9.17, 15) is 4.79 Å². The van der Waals surface area contributed by atoms with Crippen molar-refractivity contribution in [3.63, 3.8) is 0 Å². The molecule has 1 fully saturated rings. The molecule has 3 nitrogen and oxygen atoms in total. The molecule has 0 aromatic heterocycles. The summed E-state index contributed by atoms with van der Waals surface area (Å²) in [5.41, 5.74) is -0.0606. The first-order valence-corrected chi connectivity index (χ1v) is 12.8. The summed E-state index contributed by atoms with van der Waals surface area (Å²) >= 11 is 0. The summed E-state index contributed by atoms with van der Waals surface area (Å²) in [6, 6.07) is 0. The average Bonchev–Trinajstić information content (AvgIpc) is 2.78. The summed E-state index contributed by atoms with van der Waals surface area (Å²) < 4.78 is 6.44. The second-order valence-electron chi connectivity index (χ2n) is 9.76. The number of hydrogen-bond acceptors (Lipinski definition) is 2. The Morgan fingerprint density at radius 1 is 0.966 bits per heavy atom. The van der Waals surface area contributed by atoms with Gasteiger partial charge in [-0.3, -0.25) is 4.79 Å². The third-order valence-corrected chi connectivity index (χ3v) is 8.68. The maximum absolute atomic E-state index is 13.5. The third kappa shape index (κ3) is 6.71. The number of carbonyl (C=O) groups is 1. The van der Waals surface area contributed by atoms with Gasteiger partial charge in [-0.05, 0) is 56.3 Å². The van der Waals surface area contributed by atoms with E-state index in [1.165, 1.54) is 38.5 Å². The number of rotatable bonds is 14. The number of carbonyl (C=O) groups excluding carboxylic acids is 1. The molecule has 172 valence electrons. The van der Waals surface area contributed by atoms with Crippen LogP contribution >= 0.6 is 0 Å². The highest BCUT2D eigenvalue weighted by Gasteiger charge is 2.46. The van der Waals surface area contributed by atoms with Gasteiger partial charge in [0.2, 0.25) is 5.91 Å². The molecule has 0 heterocycles. The lowest BCUT2D eigenvalue weighted by Gasteiger charge is -2.47. The predicted molar refractivity (Wildman–Crippen MR) is 125 cm³/mol. The summed E-state index contributed by atoms with van der Waals surface area (Å²) in [5, 5.41) is 3.38. The van der Waals surface area contributed by atoms with E-state index >= 15 is 0 Å². The van der Waals surface area contributed by atoms with Crippen molar-refractivity contribution in [2.75, 3.05) is 13.2 Å². The summed E-state index contributed by atoms with van der Waals surface area (Å²) in [6.07, 6.45) is 13.3. The van der Waals surface area contributed by atoms with Crippen molar-refractivity contribution in [2.24, 2.45) is 16.7 Å². The average molecular weight is 410 g/mol. The van der Waals surface area contributed by atoms with Gasteiger partial charge in [-0.1, -0.05) is 80.6 Å². The van der Waals surface area contributed by atoms with Crippen LogP contribution in [0.15, 0.2) is 0 Å². The highest BCUT2D eigenvalue weighted by Crippen LogP contribution is 2.52. The fourth-order valence-corrected chi connectivity index (χ4v) is 5.53. The summed E-state index contributed by atoms with van der Waals surface area (Å²) in [6.45, 7) is 17.2. The van der Waals surface area contributed by atoms with Crippen molar-refractivity contribution >= 4 is 5.91 Å². The Morgan fingerprint density at radius 2 is 1.59 bits per heavy atom. The van der Waals surface area contributed by atoms with Crippen molar-refractivity contribution < 1.29 is 9.53 Å². The van der Waals surface area contributed by atoms with Crippen molar-refractivity contribution in [1.82, 2.24) is 5.32 Å². The van der Waals surface area contributed by atoms with E-state index in [4.69, 9.17) is 4.74 Å². The molecular weight excluding hydrogens is 358 g/mol. The number of amides is 1. The Kier molecular flexibility index (Phi) is 11.2. The van der Waals surface area contributed by atoms with Crippen LogP contribution in [-0.4, -0.2) is 24.7 Å². The molecule has 1 amide bonds. The highest BCUT2D eigenvalue weighted by atomic mass is 16.5. The zero-order valence-electron chi connectivity index (χ0n) is 20.8. The molecule has 29 heavy (non-hydrogen) atoms.